The van der Waals surface area contributed by atoms with E-state index in [1.165, 1.54) is 6.92 Å². The molecule has 16 nitrogen and oxygen atoms in total. The Morgan fingerprint density at radius 3 is 1.59 bits per heavy atom. The van der Waals surface area contributed by atoms with E-state index in [0.717, 1.165) is 0 Å². The number of amides is 5. The summed E-state index contributed by atoms with van der Waals surface area (Å²) in [5.41, 5.74) is 10.7. The highest BCUT2D eigenvalue weighted by atomic mass is 16.4. The third-order valence-corrected chi connectivity index (χ3v) is 5.76. The molecule has 6 atom stereocenters. The van der Waals surface area contributed by atoms with Gasteiger partial charge in [-0.3, -0.25) is 28.8 Å². The molecule has 0 aliphatic carbocycles. The van der Waals surface area contributed by atoms with E-state index in [1.807, 2.05) is 0 Å². The van der Waals surface area contributed by atoms with Crippen molar-refractivity contribution in [2.24, 2.45) is 23.3 Å². The minimum absolute atomic E-state index is 0.0685. The van der Waals surface area contributed by atoms with Gasteiger partial charge in [0.25, 0.3) is 0 Å². The summed E-state index contributed by atoms with van der Waals surface area (Å²) in [7, 11) is 0. The quantitative estimate of drug-likeness (QED) is 0.0763. The minimum Gasteiger partial charge on any atom is -0.481 e. The monoisotopic (exact) mass is 588 g/mol. The fourth-order valence-electron chi connectivity index (χ4n) is 3.71. The lowest BCUT2D eigenvalue weighted by Gasteiger charge is -2.28. The SMILES string of the molecule is CC(C)C[C@H](NC(=O)[C@H](CCC(=O)O)NC(=O)[C@@H](NC(=O)[C@H](CC(C)C)NC(=O)[C@@H](N)CC(N)=O)[C@@H](C)O)C(=O)O. The maximum atomic E-state index is 13.1. The summed E-state index contributed by atoms with van der Waals surface area (Å²) in [5, 5.41) is 38.0. The Morgan fingerprint density at radius 1 is 0.683 bits per heavy atom. The summed E-state index contributed by atoms with van der Waals surface area (Å²) in [5.74, 6) is -7.42. The van der Waals surface area contributed by atoms with E-state index in [2.05, 4.69) is 21.3 Å². The smallest absolute Gasteiger partial charge is 0.326 e. The van der Waals surface area contributed by atoms with Crippen LogP contribution < -0.4 is 32.7 Å². The first kappa shape index (κ1) is 37.2. The number of carbonyl (C=O) groups excluding carboxylic acids is 5. The van der Waals surface area contributed by atoms with Gasteiger partial charge in [-0.15, -0.1) is 0 Å². The molecule has 0 fully saturated rings. The van der Waals surface area contributed by atoms with E-state index in [-0.39, 0.29) is 24.7 Å². The first-order valence-electron chi connectivity index (χ1n) is 13.2. The standard InChI is InChI=1S/C25H44N6O10/c1-11(2)8-16(29-21(36)14(26)10-18(27)33)23(38)31-20(13(5)32)24(39)28-15(6-7-19(34)35)22(37)30-17(25(40)41)9-12(3)4/h11-17,20,32H,6-10,26H2,1-5H3,(H2,27,33)(H,28,39)(H,29,36)(H,30,37)(H,31,38)(H,34,35)(H,40,41)/t13-,14+,15+,16+,17+,20+/m1/s1. The first-order valence-corrected chi connectivity index (χ1v) is 13.2. The van der Waals surface area contributed by atoms with Gasteiger partial charge in [0.1, 0.15) is 24.2 Å². The van der Waals surface area contributed by atoms with Gasteiger partial charge < -0.3 is 48.1 Å². The van der Waals surface area contributed by atoms with E-state index in [1.54, 1.807) is 27.7 Å². The van der Waals surface area contributed by atoms with Crippen molar-refractivity contribution in [2.45, 2.75) is 103 Å². The molecule has 234 valence electrons. The van der Waals surface area contributed by atoms with Crippen molar-refractivity contribution in [1.82, 2.24) is 21.3 Å². The number of carbonyl (C=O) groups is 7. The molecule has 41 heavy (non-hydrogen) atoms. The number of nitrogens with two attached hydrogens (primary N) is 2. The van der Waals surface area contributed by atoms with Crippen molar-refractivity contribution in [3.63, 3.8) is 0 Å². The van der Waals surface area contributed by atoms with Crippen molar-refractivity contribution in [2.75, 3.05) is 0 Å². The van der Waals surface area contributed by atoms with Gasteiger partial charge in [0, 0.05) is 6.42 Å². The molecule has 0 rings (SSSR count). The molecule has 0 aromatic carbocycles. The third-order valence-electron chi connectivity index (χ3n) is 5.76. The van der Waals surface area contributed by atoms with Crippen molar-refractivity contribution in [3.8, 4) is 0 Å². The summed E-state index contributed by atoms with van der Waals surface area (Å²) < 4.78 is 0. The number of aliphatic hydroxyl groups excluding tert-OH is 1. The zero-order chi connectivity index (χ0) is 32.0. The molecule has 16 heteroatoms. The summed E-state index contributed by atoms with van der Waals surface area (Å²) in [6.45, 7) is 8.16. The molecular weight excluding hydrogens is 544 g/mol. The molecule has 0 radical (unpaired) electrons. The van der Waals surface area contributed by atoms with Crippen LogP contribution in [0.25, 0.3) is 0 Å². The van der Waals surface area contributed by atoms with Gasteiger partial charge in [0.15, 0.2) is 0 Å². The predicted molar refractivity (Wildman–Crippen MR) is 145 cm³/mol. The maximum Gasteiger partial charge on any atom is 0.326 e. The highest BCUT2D eigenvalue weighted by Crippen LogP contribution is 2.09. The number of hydrogen-bond acceptors (Lipinski definition) is 9. The zero-order valence-corrected chi connectivity index (χ0v) is 24.0. The first-order chi connectivity index (χ1) is 18.8. The van der Waals surface area contributed by atoms with Crippen LogP contribution in [0.4, 0.5) is 0 Å². The molecule has 0 saturated carbocycles. The molecule has 0 spiro atoms. The van der Waals surface area contributed by atoms with Gasteiger partial charge >= 0.3 is 11.9 Å². The lowest BCUT2D eigenvalue weighted by Crippen LogP contribution is -2.61. The van der Waals surface area contributed by atoms with Crippen LogP contribution in [0.15, 0.2) is 0 Å². The Balaban J connectivity index is 5.84. The number of rotatable bonds is 19. The van der Waals surface area contributed by atoms with E-state index in [9.17, 15) is 43.8 Å². The second-order valence-corrected chi connectivity index (χ2v) is 10.7. The molecule has 0 aromatic rings. The summed E-state index contributed by atoms with van der Waals surface area (Å²) in [6.07, 6.45) is -2.79. The lowest BCUT2D eigenvalue weighted by molar-refractivity contribution is -0.143. The number of aliphatic carboxylic acids is 2. The van der Waals surface area contributed by atoms with Gasteiger partial charge in [0.05, 0.1) is 18.6 Å². The van der Waals surface area contributed by atoms with Crippen molar-refractivity contribution in [3.05, 3.63) is 0 Å². The van der Waals surface area contributed by atoms with Gasteiger partial charge in [-0.1, -0.05) is 27.7 Å². The Morgan fingerprint density at radius 2 is 1.15 bits per heavy atom. The Labute approximate surface area is 238 Å². The molecule has 0 bridgehead atoms. The molecule has 5 amide bonds. The normalized spacial score (nSPS) is 15.5. The summed E-state index contributed by atoms with van der Waals surface area (Å²) >= 11 is 0. The number of nitrogens with one attached hydrogen (secondary N) is 4. The van der Waals surface area contributed by atoms with E-state index in [4.69, 9.17) is 16.6 Å². The predicted octanol–water partition coefficient (Wildman–Crippen LogP) is -2.45. The van der Waals surface area contributed by atoms with Gasteiger partial charge in [0.2, 0.25) is 29.5 Å². The van der Waals surface area contributed by atoms with Crippen LogP contribution in [0.2, 0.25) is 0 Å². The largest absolute Gasteiger partial charge is 0.481 e. The highest BCUT2D eigenvalue weighted by molar-refractivity contribution is 5.96. The number of carboxylic acids is 2. The van der Waals surface area contributed by atoms with Gasteiger partial charge in [-0.05, 0) is 38.0 Å². The fraction of sp³-hybridized carbons (Fsp3) is 0.720. The molecule has 0 unspecified atom stereocenters. The van der Waals surface area contributed by atoms with Gasteiger partial charge in [-0.25, -0.2) is 4.79 Å². The zero-order valence-electron chi connectivity index (χ0n) is 24.0. The Bertz CT molecular complexity index is 955. The maximum absolute atomic E-state index is 13.1. The van der Waals surface area contributed by atoms with Crippen LogP contribution in [-0.4, -0.2) is 93.1 Å². The molecule has 0 heterocycles. The molecule has 0 saturated heterocycles. The highest BCUT2D eigenvalue weighted by Gasteiger charge is 2.34. The molecular formula is C25H44N6O10. The number of hydrogen-bond donors (Lipinski definition) is 9. The van der Waals surface area contributed by atoms with E-state index in [0.29, 0.717) is 0 Å². The lowest BCUT2D eigenvalue weighted by atomic mass is 10.0. The molecule has 0 aliphatic rings. The third kappa shape index (κ3) is 15.0. The fourth-order valence-corrected chi connectivity index (χ4v) is 3.71. The number of primary amides is 1. The van der Waals surface area contributed by atoms with E-state index >= 15 is 0 Å². The number of aliphatic hydroxyl groups is 1. The van der Waals surface area contributed by atoms with Crippen LogP contribution in [-0.2, 0) is 33.6 Å². The van der Waals surface area contributed by atoms with Crippen LogP contribution in [0.5, 0.6) is 0 Å². The van der Waals surface area contributed by atoms with Crippen LogP contribution >= 0.6 is 0 Å². The van der Waals surface area contributed by atoms with Crippen molar-refractivity contribution >= 4 is 41.5 Å². The van der Waals surface area contributed by atoms with Crippen LogP contribution in [0, 0.1) is 11.8 Å². The molecule has 0 aliphatic heterocycles. The second-order valence-electron chi connectivity index (χ2n) is 10.7. The van der Waals surface area contributed by atoms with Gasteiger partial charge in [-0.2, -0.15) is 0 Å². The van der Waals surface area contributed by atoms with Crippen molar-refractivity contribution < 1.29 is 48.9 Å². The Kier molecular flexibility index (Phi) is 16.2. The summed E-state index contributed by atoms with van der Waals surface area (Å²) in [4.78, 5) is 85.2. The van der Waals surface area contributed by atoms with Crippen molar-refractivity contribution in [1.29, 1.82) is 0 Å². The summed E-state index contributed by atoms with van der Waals surface area (Å²) in [6, 6.07) is -7.03. The average Bonchev–Trinajstić information content (AvgIpc) is 2.82. The number of carboxylic acid groups (broad SMARTS) is 2. The van der Waals surface area contributed by atoms with E-state index < -0.39 is 97.1 Å². The average molecular weight is 589 g/mol. The minimum atomic E-state index is -1.65. The Hall–Kier alpha value is -3.79. The topological polar surface area (TPSA) is 280 Å². The molecule has 11 N–H and O–H groups in total. The van der Waals surface area contributed by atoms with Crippen LogP contribution in [0.1, 0.15) is 66.7 Å². The second kappa shape index (κ2) is 17.8. The molecule has 0 aromatic heterocycles. The van der Waals surface area contributed by atoms with Crippen LogP contribution in [0.3, 0.4) is 0 Å².